The summed E-state index contributed by atoms with van der Waals surface area (Å²) in [4.78, 5) is 61.5. The number of carbonyl (C=O) groups is 4. The first-order valence-electron chi connectivity index (χ1n) is 19.6. The maximum Gasteiger partial charge on any atom is 0.411 e. The smallest absolute Gasteiger partial charge is 0.411 e. The topological polar surface area (TPSA) is 185 Å². The van der Waals surface area contributed by atoms with Crippen molar-refractivity contribution in [3.63, 3.8) is 0 Å². The highest BCUT2D eigenvalue weighted by molar-refractivity contribution is 7.91. The van der Waals surface area contributed by atoms with Crippen LogP contribution in [0.2, 0.25) is 5.02 Å². The van der Waals surface area contributed by atoms with Gasteiger partial charge < -0.3 is 24.8 Å². The Kier molecular flexibility index (Phi) is 12.6. The van der Waals surface area contributed by atoms with E-state index in [0.29, 0.717) is 39.5 Å². The second-order valence-corrected chi connectivity index (χ2v) is 19.1. The summed E-state index contributed by atoms with van der Waals surface area (Å²) < 4.78 is 110. The van der Waals surface area contributed by atoms with Gasteiger partial charge in [0.15, 0.2) is 6.61 Å². The number of nitrogens with one attached hydrogen (secondary N) is 2. The molecule has 2 saturated carbocycles. The van der Waals surface area contributed by atoms with Crippen LogP contribution in [-0.4, -0.2) is 112 Å². The van der Waals surface area contributed by atoms with Crippen LogP contribution >= 0.6 is 11.6 Å². The van der Waals surface area contributed by atoms with Crippen molar-refractivity contribution in [2.75, 3.05) is 13.2 Å². The number of hydrogen-bond donors (Lipinski definition) is 3. The molecule has 14 nitrogen and oxygen atoms in total. The lowest BCUT2D eigenvalue weighted by Crippen LogP contribution is -2.66. The van der Waals surface area contributed by atoms with Crippen molar-refractivity contribution in [2.45, 2.75) is 120 Å². The molecule has 1 saturated heterocycles. The molecule has 3 N–H and O–H groups in total. The Morgan fingerprint density at radius 3 is 2.47 bits per heavy atom. The van der Waals surface area contributed by atoms with Crippen molar-refractivity contribution in [3.05, 3.63) is 41.4 Å². The van der Waals surface area contributed by atoms with Gasteiger partial charge in [-0.1, -0.05) is 43.7 Å². The van der Waals surface area contributed by atoms with Crippen molar-refractivity contribution in [1.29, 1.82) is 0 Å². The third kappa shape index (κ3) is 9.23. The molecule has 0 unspecified atom stereocenters. The van der Waals surface area contributed by atoms with Gasteiger partial charge in [0, 0.05) is 34.2 Å². The minimum absolute atomic E-state index is 0.00822. The number of allylic oxidation sites excluding steroid dienone is 1. The third-order valence-corrected chi connectivity index (χ3v) is 13.9. The first-order valence-corrected chi connectivity index (χ1v) is 21.5. The van der Waals surface area contributed by atoms with E-state index in [1.165, 1.54) is 19.1 Å². The SMILES string of the molecule is C[C@H]1CCC=C[C@@H]2C[C@@]2(C(=O)NS(=O)(=O)C2CC2)NC(=O)[C@@H]2C[C@@H](Oc3nc(OCC(F)F)cc4c(Cl)cccc34)CN2C(=O)[C@@H](N(C(=O)O)C(C)(C)C(F)(F)F)[C@H](C)C1. The van der Waals surface area contributed by atoms with Crippen LogP contribution in [0.4, 0.5) is 26.7 Å². The molecule has 7 atom stereocenters. The van der Waals surface area contributed by atoms with E-state index in [1.54, 1.807) is 31.2 Å². The van der Waals surface area contributed by atoms with E-state index in [1.807, 2.05) is 0 Å². The molecule has 330 valence electrons. The molecule has 60 heavy (non-hydrogen) atoms. The molecule has 4 amide bonds. The molecule has 21 heteroatoms. The Balaban J connectivity index is 1.44. The summed E-state index contributed by atoms with van der Waals surface area (Å²) in [5.74, 6) is -5.58. The lowest BCUT2D eigenvalue weighted by Gasteiger charge is -2.45. The van der Waals surface area contributed by atoms with Gasteiger partial charge in [-0.3, -0.25) is 24.0 Å². The van der Waals surface area contributed by atoms with Crippen LogP contribution < -0.4 is 19.5 Å². The second kappa shape index (κ2) is 16.8. The Labute approximate surface area is 348 Å². The van der Waals surface area contributed by atoms with E-state index >= 15 is 4.79 Å². The Hall–Kier alpha value is -4.46. The van der Waals surface area contributed by atoms with Gasteiger partial charge >= 0.3 is 12.3 Å². The Morgan fingerprint density at radius 2 is 1.83 bits per heavy atom. The summed E-state index contributed by atoms with van der Waals surface area (Å²) in [7, 11) is -4.08. The molecule has 2 aliphatic heterocycles. The van der Waals surface area contributed by atoms with Crippen LogP contribution in [0.3, 0.4) is 0 Å². The van der Waals surface area contributed by atoms with Gasteiger partial charge in [-0.05, 0) is 76.3 Å². The van der Waals surface area contributed by atoms with Gasteiger partial charge in [-0.2, -0.15) is 18.2 Å². The summed E-state index contributed by atoms with van der Waals surface area (Å²) in [6, 6.07) is 2.34. The number of fused-ring (bicyclic) bond motifs is 3. The average Bonchev–Trinajstić information content (AvgIpc) is 4.07. The maximum absolute atomic E-state index is 15.0. The normalized spacial score (nSPS) is 27.9. The zero-order valence-corrected chi connectivity index (χ0v) is 34.8. The zero-order chi connectivity index (χ0) is 44.1. The summed E-state index contributed by atoms with van der Waals surface area (Å²) in [5.41, 5.74) is -4.88. The molecule has 0 bridgehead atoms. The minimum Gasteiger partial charge on any atom is -0.472 e. The van der Waals surface area contributed by atoms with Crippen molar-refractivity contribution in [1.82, 2.24) is 24.8 Å². The largest absolute Gasteiger partial charge is 0.472 e. The molecule has 1 aromatic heterocycles. The second-order valence-electron chi connectivity index (χ2n) is 16.7. The molecule has 6 rings (SSSR count). The molecular weight excluding hydrogens is 845 g/mol. The van der Waals surface area contributed by atoms with Crippen LogP contribution in [0.5, 0.6) is 11.8 Å². The van der Waals surface area contributed by atoms with Crippen molar-refractivity contribution in [3.8, 4) is 11.8 Å². The summed E-state index contributed by atoms with van der Waals surface area (Å²) in [6.45, 7) is 3.00. The number of nitrogens with zero attached hydrogens (tertiary/aromatic N) is 3. The third-order valence-electron chi connectivity index (χ3n) is 11.8. The van der Waals surface area contributed by atoms with Gasteiger partial charge in [0.25, 0.3) is 12.3 Å². The number of amides is 4. The lowest BCUT2D eigenvalue weighted by atomic mass is 9.85. The van der Waals surface area contributed by atoms with Crippen LogP contribution in [0.15, 0.2) is 36.4 Å². The number of ether oxygens (including phenoxy) is 2. The number of carboxylic acid groups (broad SMARTS) is 1. The van der Waals surface area contributed by atoms with Gasteiger partial charge in [-0.25, -0.2) is 22.0 Å². The summed E-state index contributed by atoms with van der Waals surface area (Å²) in [6.07, 6.45) is -6.52. The Bertz CT molecular complexity index is 2160. The van der Waals surface area contributed by atoms with Crippen LogP contribution in [0.1, 0.15) is 72.6 Å². The van der Waals surface area contributed by atoms with Crippen LogP contribution in [0.25, 0.3) is 10.8 Å². The standard InChI is InChI=1S/C39H47ClF5N5O9S/c1-20-8-5-6-9-22-17-38(22,35(53)48-60(56,57)24-12-13-24)47-32(51)28-15-23(59-33-25-10-7-11-27(40)26(25)16-30(46-33)58-19-29(41)42)18-49(28)34(52)31(21(2)14-20)50(36(54)55)37(3,4)39(43,44)45/h6-7,9-11,16,20-24,28-29,31H,5,8,12-15,17-19H2,1-4H3,(H,47,51)(H,48,53)(H,54,55)/t20-,21+,22+,23+,28-,31-,38+/m0/s1. The van der Waals surface area contributed by atoms with E-state index in [0.717, 1.165) is 4.90 Å². The Morgan fingerprint density at radius 1 is 1.13 bits per heavy atom. The van der Waals surface area contributed by atoms with Gasteiger partial charge in [0.2, 0.25) is 33.6 Å². The molecule has 4 aliphatic rings. The molecule has 3 fully saturated rings. The summed E-state index contributed by atoms with van der Waals surface area (Å²) in [5, 5.41) is 13.1. The molecule has 0 radical (unpaired) electrons. The predicted octanol–water partition coefficient (Wildman–Crippen LogP) is 6.07. The number of alkyl halides is 5. The molecule has 3 heterocycles. The van der Waals surface area contributed by atoms with Crippen molar-refractivity contribution in [2.24, 2.45) is 17.8 Å². The van der Waals surface area contributed by atoms with Gasteiger partial charge in [0.1, 0.15) is 29.3 Å². The highest BCUT2D eigenvalue weighted by Crippen LogP contribution is 2.47. The number of halogens is 6. The quantitative estimate of drug-likeness (QED) is 0.187. The van der Waals surface area contributed by atoms with Crippen molar-refractivity contribution < 1.29 is 64.1 Å². The van der Waals surface area contributed by atoms with E-state index in [4.69, 9.17) is 21.1 Å². The fourth-order valence-electron chi connectivity index (χ4n) is 8.14. The fourth-order valence-corrected chi connectivity index (χ4v) is 9.73. The fraction of sp³-hybridized carbons (Fsp3) is 0.615. The number of sulfonamides is 1. The number of hydrogen-bond acceptors (Lipinski definition) is 9. The van der Waals surface area contributed by atoms with Crippen LogP contribution in [-0.2, 0) is 24.4 Å². The number of pyridine rings is 1. The van der Waals surface area contributed by atoms with Crippen molar-refractivity contribution >= 4 is 56.2 Å². The van der Waals surface area contributed by atoms with E-state index in [2.05, 4.69) is 15.0 Å². The molecule has 2 aliphatic carbocycles. The number of rotatable bonds is 10. The molecule has 0 spiro atoms. The number of aromatic nitrogens is 1. The molecule has 1 aromatic carbocycles. The van der Waals surface area contributed by atoms with Gasteiger partial charge in [0.05, 0.1) is 11.8 Å². The monoisotopic (exact) mass is 891 g/mol. The lowest BCUT2D eigenvalue weighted by molar-refractivity contribution is -0.222. The molecular formula is C39H47ClF5N5O9S. The number of carbonyl (C=O) groups excluding carboxylic acids is 3. The highest BCUT2D eigenvalue weighted by Gasteiger charge is 2.63. The summed E-state index contributed by atoms with van der Waals surface area (Å²) >= 11 is 6.43. The predicted molar refractivity (Wildman–Crippen MR) is 207 cm³/mol. The van der Waals surface area contributed by atoms with Gasteiger partial charge in [-0.15, -0.1) is 0 Å². The van der Waals surface area contributed by atoms with E-state index in [9.17, 15) is 49.9 Å². The highest BCUT2D eigenvalue weighted by atomic mass is 35.5. The first-order chi connectivity index (χ1) is 28.0. The molecule has 2 aromatic rings. The number of benzene rings is 1. The maximum atomic E-state index is 15.0. The van der Waals surface area contributed by atoms with Crippen LogP contribution in [0, 0.1) is 17.8 Å². The first kappa shape index (κ1) is 45.1. The van der Waals surface area contributed by atoms with E-state index in [-0.39, 0.29) is 57.6 Å². The average molecular weight is 892 g/mol. The zero-order valence-electron chi connectivity index (χ0n) is 33.2. The minimum atomic E-state index is -5.15. The van der Waals surface area contributed by atoms with E-state index < -0.39 is 106 Å².